The normalized spacial score (nSPS) is 19.3. The number of aryl methyl sites for hydroxylation is 1. The van der Waals surface area contributed by atoms with Crippen molar-refractivity contribution in [3.63, 3.8) is 0 Å². The quantitative estimate of drug-likeness (QED) is 0.929. The molecule has 0 spiro atoms. The highest BCUT2D eigenvalue weighted by molar-refractivity contribution is 6.33. The maximum absolute atomic E-state index is 13.1. The number of halogens is 1. The van der Waals surface area contributed by atoms with Crippen LogP contribution in [0.1, 0.15) is 30.1 Å². The van der Waals surface area contributed by atoms with Crippen molar-refractivity contribution in [1.29, 1.82) is 0 Å². The summed E-state index contributed by atoms with van der Waals surface area (Å²) in [4.78, 5) is 15.0. The second kappa shape index (κ2) is 6.95. The number of piperidine rings is 1. The number of amides is 1. The molecule has 128 valence electrons. The van der Waals surface area contributed by atoms with Crippen molar-refractivity contribution in [3.8, 4) is 11.3 Å². The zero-order valence-corrected chi connectivity index (χ0v) is 14.8. The molecule has 1 amide bonds. The summed E-state index contributed by atoms with van der Waals surface area (Å²) >= 11 is 6.30. The third-order valence-electron chi connectivity index (χ3n) is 4.68. The van der Waals surface area contributed by atoms with Gasteiger partial charge in [-0.2, -0.15) is 5.10 Å². The molecule has 1 aliphatic rings. The lowest BCUT2D eigenvalue weighted by Gasteiger charge is -2.34. The number of benzene rings is 1. The summed E-state index contributed by atoms with van der Waals surface area (Å²) in [7, 11) is 1.82. The van der Waals surface area contributed by atoms with Crippen LogP contribution in [0.15, 0.2) is 30.5 Å². The molecular weight excluding hydrogens is 324 g/mol. The zero-order valence-electron chi connectivity index (χ0n) is 14.1. The van der Waals surface area contributed by atoms with Gasteiger partial charge >= 0.3 is 0 Å². The van der Waals surface area contributed by atoms with Crippen molar-refractivity contribution in [2.75, 3.05) is 13.1 Å². The molecule has 2 N–H and O–H groups in total. The van der Waals surface area contributed by atoms with E-state index < -0.39 is 0 Å². The fourth-order valence-electron chi connectivity index (χ4n) is 3.29. The van der Waals surface area contributed by atoms with Gasteiger partial charge in [0.1, 0.15) is 5.69 Å². The minimum absolute atomic E-state index is 0.00312. The number of carbonyl (C=O) groups excluding carboxylic acids is 1. The van der Waals surface area contributed by atoms with Crippen molar-refractivity contribution >= 4 is 17.5 Å². The fraction of sp³-hybridized carbons (Fsp3) is 0.444. The van der Waals surface area contributed by atoms with Crippen LogP contribution in [0.25, 0.3) is 11.3 Å². The van der Waals surface area contributed by atoms with E-state index in [1.807, 2.05) is 43.1 Å². The average Bonchev–Trinajstić information content (AvgIpc) is 2.96. The summed E-state index contributed by atoms with van der Waals surface area (Å²) in [5.41, 5.74) is 8.05. The predicted molar refractivity (Wildman–Crippen MR) is 95.9 cm³/mol. The molecule has 1 aliphatic heterocycles. The lowest BCUT2D eigenvalue weighted by Crippen LogP contribution is -2.45. The molecule has 2 aromatic rings. The van der Waals surface area contributed by atoms with Gasteiger partial charge in [-0.05, 0) is 31.7 Å². The zero-order chi connectivity index (χ0) is 17.3. The van der Waals surface area contributed by atoms with Gasteiger partial charge < -0.3 is 10.6 Å². The van der Waals surface area contributed by atoms with Gasteiger partial charge in [0, 0.05) is 37.9 Å². The van der Waals surface area contributed by atoms with Crippen molar-refractivity contribution in [3.05, 3.63) is 41.0 Å². The molecule has 2 heterocycles. The van der Waals surface area contributed by atoms with Crippen molar-refractivity contribution < 1.29 is 4.79 Å². The summed E-state index contributed by atoms with van der Waals surface area (Å²) in [6.07, 6.45) is 3.84. The van der Waals surface area contributed by atoms with Crippen LogP contribution in [0, 0.1) is 5.92 Å². The Labute approximate surface area is 147 Å². The van der Waals surface area contributed by atoms with Crippen LogP contribution in [0.5, 0.6) is 0 Å². The van der Waals surface area contributed by atoms with Gasteiger partial charge in [0.25, 0.3) is 5.91 Å². The minimum Gasteiger partial charge on any atom is -0.338 e. The van der Waals surface area contributed by atoms with E-state index in [1.54, 1.807) is 10.9 Å². The summed E-state index contributed by atoms with van der Waals surface area (Å²) in [6, 6.07) is 7.57. The Kier molecular flexibility index (Phi) is 4.92. The maximum Gasteiger partial charge on any atom is 0.257 e. The molecule has 2 atom stereocenters. The lowest BCUT2D eigenvalue weighted by atomic mass is 9.91. The first-order valence-electron chi connectivity index (χ1n) is 8.30. The lowest BCUT2D eigenvalue weighted by molar-refractivity contribution is 0.0661. The monoisotopic (exact) mass is 346 g/mol. The maximum atomic E-state index is 13.1. The van der Waals surface area contributed by atoms with E-state index in [-0.39, 0.29) is 11.9 Å². The number of nitrogens with two attached hydrogens (primary N) is 1. The van der Waals surface area contributed by atoms with Gasteiger partial charge in [0.2, 0.25) is 0 Å². The number of carbonyl (C=O) groups is 1. The third-order valence-corrected chi connectivity index (χ3v) is 5.01. The van der Waals surface area contributed by atoms with Crippen LogP contribution in [0.3, 0.4) is 0 Å². The molecule has 6 heteroatoms. The highest BCUT2D eigenvalue weighted by Gasteiger charge is 2.29. The number of likely N-dealkylation sites (tertiary alicyclic amines) is 1. The van der Waals surface area contributed by atoms with Crippen LogP contribution in [-0.4, -0.2) is 39.7 Å². The van der Waals surface area contributed by atoms with Crippen molar-refractivity contribution in [2.45, 2.75) is 25.8 Å². The molecular formula is C18H23ClN4O. The van der Waals surface area contributed by atoms with Gasteiger partial charge in [-0.25, -0.2) is 0 Å². The number of aromatic nitrogens is 2. The summed E-state index contributed by atoms with van der Waals surface area (Å²) in [6.45, 7) is 3.48. The molecule has 1 fully saturated rings. The smallest absolute Gasteiger partial charge is 0.257 e. The Morgan fingerprint density at radius 3 is 2.88 bits per heavy atom. The van der Waals surface area contributed by atoms with Crippen LogP contribution in [-0.2, 0) is 7.05 Å². The average molecular weight is 347 g/mol. The van der Waals surface area contributed by atoms with Crippen LogP contribution < -0.4 is 5.73 Å². The molecule has 5 nitrogen and oxygen atoms in total. The van der Waals surface area contributed by atoms with E-state index in [0.717, 1.165) is 24.9 Å². The second-order valence-corrected chi connectivity index (χ2v) is 6.96. The fourth-order valence-corrected chi connectivity index (χ4v) is 3.52. The van der Waals surface area contributed by atoms with Gasteiger partial charge in [-0.3, -0.25) is 9.48 Å². The molecule has 1 aromatic heterocycles. The molecule has 1 aromatic carbocycles. The number of rotatable bonds is 3. The predicted octanol–water partition coefficient (Wildman–Crippen LogP) is 2.94. The van der Waals surface area contributed by atoms with E-state index in [0.29, 0.717) is 28.7 Å². The van der Waals surface area contributed by atoms with E-state index in [9.17, 15) is 4.79 Å². The highest BCUT2D eigenvalue weighted by atomic mass is 35.5. The Morgan fingerprint density at radius 2 is 2.17 bits per heavy atom. The summed E-state index contributed by atoms with van der Waals surface area (Å²) in [5.74, 6) is 0.353. The minimum atomic E-state index is 0.00312. The van der Waals surface area contributed by atoms with Gasteiger partial charge in [-0.15, -0.1) is 0 Å². The molecule has 0 aliphatic carbocycles. The van der Waals surface area contributed by atoms with Crippen molar-refractivity contribution in [1.82, 2.24) is 14.7 Å². The first-order valence-corrected chi connectivity index (χ1v) is 8.68. The summed E-state index contributed by atoms with van der Waals surface area (Å²) in [5, 5.41) is 5.07. The Bertz CT molecular complexity index is 740. The molecule has 0 radical (unpaired) electrons. The molecule has 1 saturated heterocycles. The topological polar surface area (TPSA) is 64.2 Å². The van der Waals surface area contributed by atoms with E-state index in [2.05, 4.69) is 5.10 Å². The van der Waals surface area contributed by atoms with Crippen LogP contribution in [0.4, 0.5) is 0 Å². The van der Waals surface area contributed by atoms with Crippen molar-refractivity contribution in [2.24, 2.45) is 18.7 Å². The van der Waals surface area contributed by atoms with E-state index >= 15 is 0 Å². The SMILES string of the molecule is CC(N)C1CCCN(C(=O)c2cn(C)nc2-c2ccccc2Cl)C1. The molecule has 3 rings (SSSR count). The van der Waals surface area contributed by atoms with Crippen LogP contribution >= 0.6 is 11.6 Å². The second-order valence-electron chi connectivity index (χ2n) is 6.56. The van der Waals surface area contributed by atoms with E-state index in [4.69, 9.17) is 17.3 Å². The Hall–Kier alpha value is -1.85. The molecule has 0 saturated carbocycles. The Balaban J connectivity index is 1.92. The molecule has 24 heavy (non-hydrogen) atoms. The first-order chi connectivity index (χ1) is 11.5. The number of hydrogen-bond donors (Lipinski definition) is 1. The standard InChI is InChI=1S/C18H23ClN4O/c1-12(20)13-6-5-9-23(10-13)18(24)15-11-22(2)21-17(15)14-7-3-4-8-16(14)19/h3-4,7-8,11-13H,5-6,9-10,20H2,1-2H3. The summed E-state index contributed by atoms with van der Waals surface area (Å²) < 4.78 is 1.67. The number of nitrogens with zero attached hydrogens (tertiary/aromatic N) is 3. The Morgan fingerprint density at radius 1 is 1.42 bits per heavy atom. The van der Waals surface area contributed by atoms with Gasteiger partial charge in [0.05, 0.1) is 10.6 Å². The highest BCUT2D eigenvalue weighted by Crippen LogP contribution is 2.30. The van der Waals surface area contributed by atoms with Crippen LogP contribution in [0.2, 0.25) is 5.02 Å². The van der Waals surface area contributed by atoms with Gasteiger partial charge in [-0.1, -0.05) is 29.8 Å². The largest absolute Gasteiger partial charge is 0.338 e. The van der Waals surface area contributed by atoms with Gasteiger partial charge in [0.15, 0.2) is 0 Å². The third kappa shape index (κ3) is 3.32. The van der Waals surface area contributed by atoms with E-state index in [1.165, 1.54) is 0 Å². The molecule has 2 unspecified atom stereocenters. The molecule has 0 bridgehead atoms. The first kappa shape index (κ1) is 17.0. The number of hydrogen-bond acceptors (Lipinski definition) is 3.